The molecule has 9 heterocycles. The number of nitrogen functional groups attached to an aromatic ring is 1. The van der Waals surface area contributed by atoms with Gasteiger partial charge in [0.05, 0.1) is 50.2 Å². The highest BCUT2D eigenvalue weighted by molar-refractivity contribution is 6.33. The summed E-state index contributed by atoms with van der Waals surface area (Å²) in [6, 6.07) is 52.6. The van der Waals surface area contributed by atoms with Crippen molar-refractivity contribution in [1.82, 2.24) is 68.6 Å². The number of H-pyrrole nitrogens is 2. The number of aromatic nitrogens is 14. The lowest BCUT2D eigenvalue weighted by atomic mass is 10.1. The lowest BCUT2D eigenvalue weighted by Gasteiger charge is -2.25. The minimum absolute atomic E-state index is 0.103. The van der Waals surface area contributed by atoms with E-state index in [0.717, 1.165) is 33.3 Å². The van der Waals surface area contributed by atoms with E-state index in [2.05, 4.69) is 125 Å². The molecule has 7 N–H and O–H groups in total. The first-order valence-corrected chi connectivity index (χ1v) is 30.4. The third kappa shape index (κ3) is 19.0. The van der Waals surface area contributed by atoms with Crippen LogP contribution in [-0.2, 0) is 40.5 Å². The Morgan fingerprint density at radius 2 is 1.03 bits per heavy atom. The maximum Gasteiger partial charge on any atom is 0.313 e. The molecule has 1 amide bonds. The van der Waals surface area contributed by atoms with Gasteiger partial charge < -0.3 is 36.1 Å². The van der Waals surface area contributed by atoms with Gasteiger partial charge in [-0.15, -0.1) is 0 Å². The van der Waals surface area contributed by atoms with E-state index < -0.39 is 17.4 Å². The van der Waals surface area contributed by atoms with E-state index in [-0.39, 0.29) is 45.2 Å². The summed E-state index contributed by atoms with van der Waals surface area (Å²) in [5.41, 5.74) is 17.8. The van der Waals surface area contributed by atoms with Crippen molar-refractivity contribution < 1.29 is 24.2 Å². The first kappa shape index (κ1) is 71.2. The first-order valence-electron chi connectivity index (χ1n) is 28.9. The van der Waals surface area contributed by atoms with Crippen LogP contribution in [0.25, 0.3) is 27.4 Å². The molecule has 0 unspecified atom stereocenters. The van der Waals surface area contributed by atoms with Crippen molar-refractivity contribution in [3.05, 3.63) is 263 Å². The Hall–Kier alpha value is -12.7. The Kier molecular flexibility index (Phi) is 25.0. The maximum absolute atomic E-state index is 11.7. The van der Waals surface area contributed by atoms with Crippen LogP contribution in [-0.4, -0.2) is 98.0 Å². The Balaban J connectivity index is 0.000000160. The first-order chi connectivity index (χ1) is 47.3. The zero-order chi connectivity index (χ0) is 70.3. The van der Waals surface area contributed by atoms with Gasteiger partial charge in [0, 0.05) is 44.4 Å². The van der Waals surface area contributed by atoms with Gasteiger partial charge in [-0.1, -0.05) is 168 Å². The normalized spacial score (nSPS) is 10.2. The number of nitrogens with two attached hydrogens (primary N) is 2. The second-order valence-corrected chi connectivity index (χ2v) is 21.8. The zero-order valence-corrected chi connectivity index (χ0v) is 54.7. The minimum atomic E-state index is -0.589. The quantitative estimate of drug-likeness (QED) is 0.0292. The number of nitriles is 3. The van der Waals surface area contributed by atoms with E-state index >= 15 is 0 Å². The molecule has 492 valence electrons. The van der Waals surface area contributed by atoms with Crippen LogP contribution in [0.4, 0.5) is 23.1 Å². The second-order valence-electron chi connectivity index (χ2n) is 20.3. The molecule has 9 aromatic heterocycles. The van der Waals surface area contributed by atoms with Gasteiger partial charge in [0.25, 0.3) is 11.5 Å². The fourth-order valence-electron chi connectivity index (χ4n) is 9.02. The fourth-order valence-corrected chi connectivity index (χ4v) is 9.84. The molecule has 0 aliphatic rings. The average Bonchev–Trinajstić information content (AvgIpc) is 1.60. The molecule has 0 bridgehead atoms. The number of carbonyl (C=O) groups excluding carboxylic acids is 3. The topological polar surface area (TPSA) is 384 Å². The highest BCUT2D eigenvalue weighted by Gasteiger charge is 2.21. The molecule has 0 saturated heterocycles. The number of rotatable bonds is 14. The van der Waals surface area contributed by atoms with E-state index in [1.165, 1.54) is 59.6 Å². The van der Waals surface area contributed by atoms with Crippen molar-refractivity contribution in [3.8, 4) is 24.1 Å². The number of aromatic hydroxyl groups is 1. The molecule has 28 nitrogen and oxygen atoms in total. The van der Waals surface area contributed by atoms with Crippen molar-refractivity contribution in [3.63, 3.8) is 0 Å². The molecule has 0 aliphatic heterocycles. The van der Waals surface area contributed by atoms with Crippen LogP contribution in [0.5, 0.6) is 5.88 Å². The summed E-state index contributed by atoms with van der Waals surface area (Å²) in [5, 5.41) is 59.2. The number of hydrogen-bond donors (Lipinski definition) is 5. The molecule has 0 atom stereocenters. The second kappa shape index (κ2) is 34.5. The molecule has 4 aromatic carbocycles. The fraction of sp³-hybridized carbons (Fsp3) is 0.121. The molecule has 32 heteroatoms. The number of ketones is 1. The lowest BCUT2D eigenvalue weighted by Crippen LogP contribution is -2.25. The Bertz CT molecular complexity index is 5070. The van der Waals surface area contributed by atoms with Gasteiger partial charge in [-0.3, -0.25) is 24.3 Å². The smallest absolute Gasteiger partial charge is 0.313 e. The highest BCUT2D eigenvalue weighted by atomic mass is 35.5. The number of aromatic amines is 2. The number of nitrogens with one attached hydrogen (secondary N) is 2. The van der Waals surface area contributed by atoms with Crippen LogP contribution >= 0.6 is 46.4 Å². The van der Waals surface area contributed by atoms with Crippen LogP contribution in [0.1, 0.15) is 69.6 Å². The number of carbonyl (C=O) groups is 3. The molecule has 0 radical (unpaired) electrons. The summed E-state index contributed by atoms with van der Waals surface area (Å²) in [5.74, 6) is 0.376. The number of nitrogens with zero attached hydrogens (tertiary/aromatic N) is 18. The summed E-state index contributed by atoms with van der Waals surface area (Å²) >= 11 is 24.0. The number of primary amides is 1. The number of benzene rings is 4. The van der Waals surface area contributed by atoms with Gasteiger partial charge in [0.15, 0.2) is 22.6 Å². The van der Waals surface area contributed by atoms with Gasteiger partial charge in [-0.2, -0.15) is 54.8 Å². The molecule has 98 heavy (non-hydrogen) atoms. The van der Waals surface area contributed by atoms with Crippen LogP contribution < -0.4 is 26.8 Å². The molecule has 0 fully saturated rings. The number of hydrogen-bond acceptors (Lipinski definition) is 20. The van der Waals surface area contributed by atoms with Crippen LogP contribution in [0, 0.1) is 40.6 Å². The number of ether oxygens (including phenoxy) is 1. The predicted molar refractivity (Wildman–Crippen MR) is 366 cm³/mol. The minimum Gasteiger partial charge on any atom is -0.493 e. The Labute approximate surface area is 577 Å². The van der Waals surface area contributed by atoms with Gasteiger partial charge >= 0.3 is 5.97 Å². The summed E-state index contributed by atoms with van der Waals surface area (Å²) in [6.45, 7) is 12.5. The third-order valence-corrected chi connectivity index (χ3v) is 14.2. The number of Topliss-reactive ketones (excluding diaryl/α,β-unsaturated/α-hetero) is 1. The zero-order valence-electron chi connectivity index (χ0n) is 51.7. The largest absolute Gasteiger partial charge is 0.493 e. The Morgan fingerprint density at radius 3 is 1.45 bits per heavy atom. The van der Waals surface area contributed by atoms with E-state index in [9.17, 15) is 29.5 Å². The van der Waals surface area contributed by atoms with Gasteiger partial charge in [-0.05, 0) is 36.1 Å². The number of anilines is 3. The van der Waals surface area contributed by atoms with Gasteiger partial charge in [-0.25, -0.2) is 24.3 Å². The van der Waals surface area contributed by atoms with E-state index in [1.54, 1.807) is 28.1 Å². The molecular formula is C66H54Cl4N22O6. The van der Waals surface area contributed by atoms with Gasteiger partial charge in [0.2, 0.25) is 11.6 Å². The van der Waals surface area contributed by atoms with Crippen molar-refractivity contribution in [2.75, 3.05) is 22.1 Å². The van der Waals surface area contributed by atoms with Crippen molar-refractivity contribution in [1.29, 1.82) is 15.8 Å². The Morgan fingerprint density at radius 1 is 0.612 bits per heavy atom. The van der Waals surface area contributed by atoms with E-state index in [4.69, 9.17) is 75.0 Å². The van der Waals surface area contributed by atoms with Crippen LogP contribution in [0.2, 0.25) is 20.6 Å². The number of esters is 1. The van der Waals surface area contributed by atoms with E-state index in [1.807, 2.05) is 84.9 Å². The molecule has 13 rings (SSSR count). The molecule has 0 spiro atoms. The van der Waals surface area contributed by atoms with Crippen molar-refractivity contribution in [2.24, 2.45) is 5.73 Å². The van der Waals surface area contributed by atoms with Gasteiger partial charge in [0.1, 0.15) is 90.7 Å². The summed E-state index contributed by atoms with van der Waals surface area (Å²) < 4.78 is 10.2. The number of halogens is 4. The lowest BCUT2D eigenvalue weighted by molar-refractivity contribution is -0.145. The molecule has 0 saturated carbocycles. The number of amides is 1. The van der Waals surface area contributed by atoms with Crippen molar-refractivity contribution in [2.45, 2.75) is 46.4 Å². The van der Waals surface area contributed by atoms with E-state index in [0.29, 0.717) is 82.7 Å². The SMILES string of the molecule is CCOC(=O)CC(C)=O.N#Cc1cnn2c(Cl)cc(Cl)nc12.N#Cc1cnn2c(N(Cc3ccccc3)Cc3ccccc3)cc(Cl)nc12.N#Cc1cnn2c(O)cc(=O)[nH]c12.NC(=O)c1cnn2c(N(Cc3ccccc3)Cc3ccccc3)cc(Cl)nc12.[C-]#[N+]c1cn[nH]c1N. The molecule has 13 aromatic rings. The summed E-state index contributed by atoms with van der Waals surface area (Å²) in [7, 11) is 0. The maximum atomic E-state index is 11.7. The average molecular weight is 1390 g/mol. The van der Waals surface area contributed by atoms with Crippen LogP contribution in [0.15, 0.2) is 181 Å². The third-order valence-electron chi connectivity index (χ3n) is 13.3. The monoisotopic (exact) mass is 1390 g/mol. The molecule has 0 aliphatic carbocycles. The number of fused-ring (bicyclic) bond motifs is 4. The van der Waals surface area contributed by atoms with Crippen LogP contribution in [0.3, 0.4) is 0 Å². The summed E-state index contributed by atoms with van der Waals surface area (Å²) in [4.78, 5) is 65.5. The predicted octanol–water partition coefficient (Wildman–Crippen LogP) is 10.7. The van der Waals surface area contributed by atoms with Crippen molar-refractivity contribution >= 4 is 110 Å². The summed E-state index contributed by atoms with van der Waals surface area (Å²) in [6.07, 6.45) is 6.89. The highest BCUT2D eigenvalue weighted by Crippen LogP contribution is 2.28. The standard InChI is InChI=1S/C21H18ClN5O.C21H16ClN5.C7H2Cl2N4.C7H4N4O2.C6H10O3.C4H4N4/c22-18-11-19(27-21(25-18)17(12-24-27)20(23)28)26(13-15-7-3-1-4-8-15)14-16-9-5-2-6-10-16;22-19-11-20(27-21(25-19)18(12-23)13-24-27)26(14-16-7-3-1-4-8-16)15-17-9-5-2-6-10-17;8-5-1-6(9)13-7(12-5)4(2-10)3-11-13;8-2-4-3-9-11-6(13)1-5(12)10-7(4)11;1-3-9-6(8)4-5(2)7;1-6-3-2-7-8-4(3)5/h1-12H,13-14H2,(H2,23,28);1-11,13H,14-15H2;1,3H;1,3,13H,(H,10,12);3-4H2,1-2H3;2H,(H3,5,7,8). The molecular weight excluding hydrogens is 1340 g/mol.